The molecule has 0 radical (unpaired) electrons. The van der Waals surface area contributed by atoms with Crippen molar-refractivity contribution in [2.45, 2.75) is 58.0 Å². The van der Waals surface area contributed by atoms with Crippen molar-refractivity contribution in [1.82, 2.24) is 34.9 Å². The summed E-state index contributed by atoms with van der Waals surface area (Å²) in [4.78, 5) is 17.5. The molecule has 1 fully saturated rings. The molecule has 0 aliphatic heterocycles. The lowest BCUT2D eigenvalue weighted by molar-refractivity contribution is 0.453. The molecule has 30 heavy (non-hydrogen) atoms. The zero-order valence-corrected chi connectivity index (χ0v) is 17.3. The van der Waals surface area contributed by atoms with Gasteiger partial charge in [-0.1, -0.05) is 31.7 Å². The molecule has 0 unspecified atom stereocenters. The van der Waals surface area contributed by atoms with Crippen LogP contribution in [0.1, 0.15) is 50.0 Å². The third-order valence-corrected chi connectivity index (χ3v) is 5.86. The van der Waals surface area contributed by atoms with E-state index in [0.717, 1.165) is 46.4 Å². The number of hydrogen-bond acceptors (Lipinski definition) is 5. The van der Waals surface area contributed by atoms with Gasteiger partial charge in [0.05, 0.1) is 17.9 Å². The predicted molar refractivity (Wildman–Crippen MR) is 117 cm³/mol. The second kappa shape index (κ2) is 8.36. The summed E-state index contributed by atoms with van der Waals surface area (Å²) < 4.78 is 1.78. The molecule has 7 nitrogen and oxygen atoms in total. The number of aryl methyl sites for hydroxylation is 1. The first-order chi connectivity index (χ1) is 14.8. The Morgan fingerprint density at radius 3 is 2.77 bits per heavy atom. The Hall–Kier alpha value is -3.06. The first-order valence-electron chi connectivity index (χ1n) is 10.8. The molecule has 4 aromatic rings. The van der Waals surface area contributed by atoms with Crippen molar-refractivity contribution in [3.8, 4) is 22.6 Å². The van der Waals surface area contributed by atoms with Crippen LogP contribution in [0.2, 0.25) is 0 Å². The Labute approximate surface area is 176 Å². The molecule has 0 bridgehead atoms. The van der Waals surface area contributed by atoms with E-state index in [1.807, 2.05) is 37.4 Å². The van der Waals surface area contributed by atoms with Crippen molar-refractivity contribution in [1.29, 1.82) is 0 Å². The van der Waals surface area contributed by atoms with Gasteiger partial charge in [0.2, 0.25) is 0 Å². The smallest absolute Gasteiger partial charge is 0.155 e. The Morgan fingerprint density at radius 1 is 1.07 bits per heavy atom. The maximum absolute atomic E-state index is 4.95. The summed E-state index contributed by atoms with van der Waals surface area (Å²) in [6, 6.07) is 10.7. The van der Waals surface area contributed by atoms with Crippen molar-refractivity contribution in [3.63, 3.8) is 0 Å². The SMILES string of the molecule is Cc1cccc(-c2nc(CNC3CCCCCC3)[nH]c2-c2ccc3ncnn3c2)n1. The number of rotatable bonds is 5. The molecule has 4 heterocycles. The van der Waals surface area contributed by atoms with Gasteiger partial charge in [0.15, 0.2) is 5.65 Å². The van der Waals surface area contributed by atoms with Crippen LogP contribution >= 0.6 is 0 Å². The molecule has 0 aromatic carbocycles. The number of aromatic nitrogens is 6. The Morgan fingerprint density at radius 2 is 1.93 bits per heavy atom. The fraction of sp³-hybridized carbons (Fsp3) is 0.391. The number of imidazole rings is 1. The van der Waals surface area contributed by atoms with Crippen LogP contribution in [0.3, 0.4) is 0 Å². The molecule has 1 aliphatic carbocycles. The highest BCUT2D eigenvalue weighted by atomic mass is 15.3. The van der Waals surface area contributed by atoms with Gasteiger partial charge in [0, 0.05) is 23.5 Å². The summed E-state index contributed by atoms with van der Waals surface area (Å²) in [6.45, 7) is 2.74. The van der Waals surface area contributed by atoms with E-state index >= 15 is 0 Å². The summed E-state index contributed by atoms with van der Waals surface area (Å²) in [5.41, 5.74) is 5.52. The normalized spacial score (nSPS) is 15.5. The molecule has 5 rings (SSSR count). The molecule has 0 spiro atoms. The predicted octanol–water partition coefficient (Wildman–Crippen LogP) is 4.30. The molecule has 0 atom stereocenters. The van der Waals surface area contributed by atoms with Crippen LogP contribution in [-0.2, 0) is 6.54 Å². The van der Waals surface area contributed by atoms with Crippen LogP contribution in [0, 0.1) is 6.92 Å². The summed E-state index contributed by atoms with van der Waals surface area (Å²) in [7, 11) is 0. The van der Waals surface area contributed by atoms with Crippen LogP contribution in [0.4, 0.5) is 0 Å². The number of aromatic amines is 1. The van der Waals surface area contributed by atoms with Gasteiger partial charge < -0.3 is 10.3 Å². The van der Waals surface area contributed by atoms with E-state index in [2.05, 4.69) is 26.4 Å². The quantitative estimate of drug-likeness (QED) is 0.487. The van der Waals surface area contributed by atoms with E-state index in [1.165, 1.54) is 38.5 Å². The highest BCUT2D eigenvalue weighted by molar-refractivity contribution is 5.77. The van der Waals surface area contributed by atoms with E-state index in [-0.39, 0.29) is 0 Å². The van der Waals surface area contributed by atoms with Gasteiger partial charge in [-0.3, -0.25) is 4.98 Å². The monoisotopic (exact) mass is 401 g/mol. The molecular weight excluding hydrogens is 374 g/mol. The Kier molecular flexibility index (Phi) is 5.27. The zero-order chi connectivity index (χ0) is 20.3. The van der Waals surface area contributed by atoms with Crippen LogP contribution in [0.15, 0.2) is 42.9 Å². The number of H-pyrrole nitrogens is 1. The van der Waals surface area contributed by atoms with Crippen molar-refractivity contribution in [2.75, 3.05) is 0 Å². The van der Waals surface area contributed by atoms with Crippen molar-refractivity contribution < 1.29 is 0 Å². The second-order valence-corrected chi connectivity index (χ2v) is 8.12. The first kappa shape index (κ1) is 18.9. The van der Waals surface area contributed by atoms with Gasteiger partial charge >= 0.3 is 0 Å². The minimum absolute atomic E-state index is 0.577. The lowest BCUT2D eigenvalue weighted by Gasteiger charge is -2.14. The molecule has 154 valence electrons. The third-order valence-electron chi connectivity index (χ3n) is 5.86. The molecule has 2 N–H and O–H groups in total. The maximum Gasteiger partial charge on any atom is 0.155 e. The minimum Gasteiger partial charge on any atom is -0.340 e. The summed E-state index contributed by atoms with van der Waals surface area (Å²) in [5.74, 6) is 0.936. The molecule has 7 heteroatoms. The topological polar surface area (TPSA) is 83.8 Å². The number of nitrogens with one attached hydrogen (secondary N) is 2. The van der Waals surface area contributed by atoms with E-state index in [1.54, 1.807) is 10.8 Å². The molecule has 1 saturated carbocycles. The highest BCUT2D eigenvalue weighted by Gasteiger charge is 2.18. The first-order valence-corrected chi connectivity index (χ1v) is 10.8. The lowest BCUT2D eigenvalue weighted by Crippen LogP contribution is -2.28. The number of nitrogens with zero attached hydrogens (tertiary/aromatic N) is 5. The second-order valence-electron chi connectivity index (χ2n) is 8.12. The Bertz CT molecular complexity index is 1140. The molecular formula is C23H27N7. The molecule has 4 aromatic heterocycles. The van der Waals surface area contributed by atoms with Gasteiger partial charge in [0.25, 0.3) is 0 Å². The lowest BCUT2D eigenvalue weighted by atomic mass is 10.1. The largest absolute Gasteiger partial charge is 0.340 e. The van der Waals surface area contributed by atoms with Crippen LogP contribution in [-0.4, -0.2) is 35.6 Å². The number of hydrogen-bond donors (Lipinski definition) is 2. The summed E-state index contributed by atoms with van der Waals surface area (Å²) in [5, 5.41) is 7.99. The highest BCUT2D eigenvalue weighted by Crippen LogP contribution is 2.29. The summed E-state index contributed by atoms with van der Waals surface area (Å²) >= 11 is 0. The Balaban J connectivity index is 1.49. The van der Waals surface area contributed by atoms with E-state index < -0.39 is 0 Å². The van der Waals surface area contributed by atoms with Gasteiger partial charge in [-0.2, -0.15) is 5.10 Å². The average Bonchev–Trinajstić information content (AvgIpc) is 3.32. The molecule has 0 amide bonds. The van der Waals surface area contributed by atoms with E-state index in [0.29, 0.717) is 6.04 Å². The van der Waals surface area contributed by atoms with Gasteiger partial charge in [-0.05, 0) is 44.0 Å². The van der Waals surface area contributed by atoms with Crippen molar-refractivity contribution in [3.05, 3.63) is 54.4 Å². The van der Waals surface area contributed by atoms with Crippen LogP contribution < -0.4 is 5.32 Å². The van der Waals surface area contributed by atoms with E-state index in [9.17, 15) is 0 Å². The average molecular weight is 402 g/mol. The van der Waals surface area contributed by atoms with Gasteiger partial charge in [-0.25, -0.2) is 14.5 Å². The number of pyridine rings is 2. The van der Waals surface area contributed by atoms with Crippen molar-refractivity contribution in [2.24, 2.45) is 0 Å². The third kappa shape index (κ3) is 3.98. The maximum atomic E-state index is 4.95. The van der Waals surface area contributed by atoms with Crippen molar-refractivity contribution >= 4 is 5.65 Å². The number of fused-ring (bicyclic) bond motifs is 1. The fourth-order valence-electron chi connectivity index (χ4n) is 4.26. The van der Waals surface area contributed by atoms with Gasteiger partial charge in [-0.15, -0.1) is 0 Å². The van der Waals surface area contributed by atoms with E-state index in [4.69, 9.17) is 9.97 Å². The molecule has 0 saturated heterocycles. The standard InChI is InChI=1S/C23H27N7/c1-16-7-6-10-19(27-16)23-22(17-11-12-21-25-15-26-30(21)14-17)28-20(29-23)13-24-18-8-4-2-3-5-9-18/h6-7,10-12,14-15,18,24H,2-5,8-9,13H2,1H3,(H,28,29). The summed E-state index contributed by atoms with van der Waals surface area (Å²) in [6.07, 6.45) is 11.4. The van der Waals surface area contributed by atoms with Crippen LogP contribution in [0.25, 0.3) is 28.3 Å². The fourth-order valence-corrected chi connectivity index (χ4v) is 4.26. The zero-order valence-electron chi connectivity index (χ0n) is 17.3. The molecule has 1 aliphatic rings. The van der Waals surface area contributed by atoms with Crippen LogP contribution in [0.5, 0.6) is 0 Å². The minimum atomic E-state index is 0.577. The van der Waals surface area contributed by atoms with Gasteiger partial charge in [0.1, 0.15) is 17.8 Å².